The van der Waals surface area contributed by atoms with E-state index in [1.807, 2.05) is 30.5 Å². The molecular formula is C50H60N3OPt-. The normalized spacial score (nSPS) is 12.9. The average Bonchev–Trinajstić information content (AvgIpc) is 3.44. The molecule has 0 amide bonds. The molecular weight excluding hydrogens is 854 g/mol. The molecule has 1 N–H and O–H groups in total. The Kier molecular flexibility index (Phi) is 11.1. The summed E-state index contributed by atoms with van der Waals surface area (Å²) in [5, 5.41) is 11.5. The Labute approximate surface area is 345 Å². The third-order valence-corrected chi connectivity index (χ3v) is 10.5. The van der Waals surface area contributed by atoms with Crippen LogP contribution in [0.5, 0.6) is 5.75 Å². The van der Waals surface area contributed by atoms with Gasteiger partial charge in [-0.2, -0.15) is 0 Å². The SMILES string of the molecule is CC(C)(C)c1cc(-c2[c-]c(-c3ccccn3)c(C(C)(C)C)cc2C(C)(C)C)c2nc(-c3ccccc3O)n(-c3c(C(C)(C)C)cccc3C(C)(C)C)c2c1.[Pt]. The zero-order chi connectivity index (χ0) is 39.8. The van der Waals surface area contributed by atoms with Crippen LogP contribution in [0, 0.1) is 6.07 Å². The number of hydrogen-bond acceptors (Lipinski definition) is 3. The van der Waals surface area contributed by atoms with E-state index < -0.39 is 0 Å². The molecule has 0 saturated carbocycles. The molecule has 292 valence electrons. The fourth-order valence-corrected chi connectivity index (χ4v) is 7.52. The zero-order valence-electron chi connectivity index (χ0n) is 35.7. The molecule has 0 aliphatic heterocycles. The van der Waals surface area contributed by atoms with Crippen molar-refractivity contribution in [3.05, 3.63) is 119 Å². The Morgan fingerprint density at radius 2 is 1.09 bits per heavy atom. The molecule has 6 aromatic rings. The maximum atomic E-state index is 11.5. The first-order valence-electron chi connectivity index (χ1n) is 19.4. The number of aromatic nitrogens is 3. The number of para-hydroxylation sites is 2. The fraction of sp³-hybridized carbons (Fsp3) is 0.400. The fourth-order valence-electron chi connectivity index (χ4n) is 7.52. The van der Waals surface area contributed by atoms with Gasteiger partial charge in [0, 0.05) is 33.0 Å². The summed E-state index contributed by atoms with van der Waals surface area (Å²) in [6, 6.07) is 31.5. The predicted octanol–water partition coefficient (Wildman–Crippen LogP) is 13.4. The molecule has 0 aliphatic carbocycles. The molecule has 2 heterocycles. The van der Waals surface area contributed by atoms with E-state index in [0.717, 1.165) is 39.1 Å². The van der Waals surface area contributed by atoms with E-state index in [0.29, 0.717) is 11.4 Å². The van der Waals surface area contributed by atoms with E-state index in [4.69, 9.17) is 9.97 Å². The molecule has 0 fully saturated rings. The number of benzene rings is 4. The van der Waals surface area contributed by atoms with Gasteiger partial charge in [-0.3, -0.25) is 9.55 Å². The molecule has 4 nitrogen and oxygen atoms in total. The van der Waals surface area contributed by atoms with Crippen LogP contribution in [0.2, 0.25) is 0 Å². The molecule has 5 heteroatoms. The minimum atomic E-state index is -0.208. The van der Waals surface area contributed by atoms with Crippen LogP contribution in [-0.2, 0) is 48.1 Å². The summed E-state index contributed by atoms with van der Waals surface area (Å²) < 4.78 is 2.35. The van der Waals surface area contributed by atoms with Gasteiger partial charge >= 0.3 is 0 Å². The van der Waals surface area contributed by atoms with Crippen LogP contribution < -0.4 is 0 Å². The Balaban J connectivity index is 0.00000580. The topological polar surface area (TPSA) is 50.9 Å². The maximum absolute atomic E-state index is 11.5. The van der Waals surface area contributed by atoms with Crippen molar-refractivity contribution in [1.29, 1.82) is 0 Å². The van der Waals surface area contributed by atoms with E-state index >= 15 is 0 Å². The van der Waals surface area contributed by atoms with Crippen LogP contribution in [0.4, 0.5) is 0 Å². The molecule has 55 heavy (non-hydrogen) atoms. The number of fused-ring (bicyclic) bond motifs is 1. The van der Waals surface area contributed by atoms with Crippen molar-refractivity contribution in [2.75, 3.05) is 0 Å². The second kappa shape index (κ2) is 14.5. The summed E-state index contributed by atoms with van der Waals surface area (Å²) in [6.45, 7) is 34.2. The van der Waals surface area contributed by atoms with E-state index in [9.17, 15) is 5.11 Å². The number of aromatic hydroxyl groups is 1. The molecule has 2 aromatic heterocycles. The van der Waals surface area contributed by atoms with Gasteiger partial charge in [-0.25, -0.2) is 4.98 Å². The number of hydrogen-bond donors (Lipinski definition) is 1. The summed E-state index contributed by atoms with van der Waals surface area (Å²) >= 11 is 0. The number of rotatable bonds is 4. The van der Waals surface area contributed by atoms with Crippen LogP contribution in [-0.4, -0.2) is 19.6 Å². The Hall–Kier alpha value is -4.01. The third kappa shape index (κ3) is 8.13. The van der Waals surface area contributed by atoms with Gasteiger partial charge in [0.25, 0.3) is 0 Å². The van der Waals surface area contributed by atoms with Crippen LogP contribution in [0.3, 0.4) is 0 Å². The number of pyridine rings is 1. The first-order chi connectivity index (χ1) is 24.9. The van der Waals surface area contributed by atoms with Crippen molar-refractivity contribution in [3.63, 3.8) is 0 Å². The van der Waals surface area contributed by atoms with Crippen LogP contribution >= 0.6 is 0 Å². The quantitative estimate of drug-likeness (QED) is 0.179. The van der Waals surface area contributed by atoms with E-state index in [-0.39, 0.29) is 53.9 Å². The summed E-state index contributed by atoms with van der Waals surface area (Å²) in [5.74, 6) is 0.914. The van der Waals surface area contributed by atoms with Gasteiger partial charge in [-0.15, -0.1) is 28.8 Å². The summed E-state index contributed by atoms with van der Waals surface area (Å²) in [7, 11) is 0. The minimum absolute atomic E-state index is 0. The van der Waals surface area contributed by atoms with E-state index in [2.05, 4.69) is 163 Å². The van der Waals surface area contributed by atoms with E-state index in [1.165, 1.54) is 27.8 Å². The van der Waals surface area contributed by atoms with Gasteiger partial charge in [0.15, 0.2) is 0 Å². The monoisotopic (exact) mass is 913 g/mol. The van der Waals surface area contributed by atoms with Gasteiger partial charge in [-0.05, 0) is 68.0 Å². The smallest absolute Gasteiger partial charge is 0.148 e. The standard InChI is InChI=1S/C50H60N3O.Pt/c1-46(2,3)31-27-34(33-29-35(40-24-18-19-26-51-40)39(50(13,14)15)30-38(33)49(10,11)12)43-41(28-31)53(45(52-43)32-21-16-17-25-42(32)54)44-36(47(4,5)6)22-20-23-37(44)48(7,8)9;/h16-28,30,54H,1-15H3;/q-1;. The van der Waals surface area contributed by atoms with Crippen molar-refractivity contribution in [2.24, 2.45) is 0 Å². The number of phenolic OH excluding ortho intramolecular Hbond substituents is 1. The average molecular weight is 914 g/mol. The van der Waals surface area contributed by atoms with Gasteiger partial charge in [0.05, 0.1) is 22.3 Å². The van der Waals surface area contributed by atoms with Gasteiger partial charge < -0.3 is 5.11 Å². The molecule has 0 unspecified atom stereocenters. The van der Waals surface area contributed by atoms with Crippen molar-refractivity contribution >= 4 is 11.0 Å². The summed E-state index contributed by atoms with van der Waals surface area (Å²) in [5.41, 5.74) is 12.8. The first-order valence-corrected chi connectivity index (χ1v) is 19.4. The Morgan fingerprint density at radius 3 is 1.60 bits per heavy atom. The molecule has 0 bridgehead atoms. The molecule has 0 radical (unpaired) electrons. The third-order valence-electron chi connectivity index (χ3n) is 10.5. The number of phenols is 1. The largest absolute Gasteiger partial charge is 0.507 e. The van der Waals surface area contributed by atoms with Gasteiger partial charge in [0.2, 0.25) is 0 Å². The van der Waals surface area contributed by atoms with Gasteiger partial charge in [0.1, 0.15) is 11.6 Å². The van der Waals surface area contributed by atoms with Crippen LogP contribution in [0.15, 0.2) is 85.1 Å². The molecule has 0 spiro atoms. The molecule has 0 saturated heterocycles. The molecule has 0 aliphatic rings. The van der Waals surface area contributed by atoms with Crippen LogP contribution in [0.1, 0.15) is 132 Å². The molecule has 6 rings (SSSR count). The first kappa shape index (κ1) is 42.1. The predicted molar refractivity (Wildman–Crippen MR) is 229 cm³/mol. The second-order valence-electron chi connectivity index (χ2n) is 20.2. The van der Waals surface area contributed by atoms with Crippen molar-refractivity contribution in [3.8, 4) is 45.2 Å². The van der Waals surface area contributed by atoms with Crippen molar-refractivity contribution in [2.45, 2.75) is 131 Å². The molecule has 4 aromatic carbocycles. The number of nitrogens with zero attached hydrogens (tertiary/aromatic N) is 3. The summed E-state index contributed by atoms with van der Waals surface area (Å²) in [4.78, 5) is 10.5. The Bertz CT molecular complexity index is 2320. The second-order valence-corrected chi connectivity index (χ2v) is 20.2. The molecule has 0 atom stereocenters. The van der Waals surface area contributed by atoms with Crippen LogP contribution in [0.25, 0.3) is 50.5 Å². The van der Waals surface area contributed by atoms with Crippen molar-refractivity contribution < 1.29 is 26.2 Å². The zero-order valence-corrected chi connectivity index (χ0v) is 38.0. The van der Waals surface area contributed by atoms with Gasteiger partial charge in [-0.1, -0.05) is 164 Å². The van der Waals surface area contributed by atoms with Crippen molar-refractivity contribution in [1.82, 2.24) is 14.5 Å². The number of imidazole rings is 1. The summed E-state index contributed by atoms with van der Waals surface area (Å²) in [6.07, 6.45) is 1.87. The maximum Gasteiger partial charge on any atom is 0.148 e. The Morgan fingerprint density at radius 1 is 0.545 bits per heavy atom. The van der Waals surface area contributed by atoms with E-state index in [1.54, 1.807) is 6.07 Å². The minimum Gasteiger partial charge on any atom is -0.507 e.